The Bertz CT molecular complexity index is 1020. The smallest absolute Gasteiger partial charge is 0.237 e. The van der Waals surface area contributed by atoms with Crippen molar-refractivity contribution in [2.45, 2.75) is 36.2 Å². The van der Waals surface area contributed by atoms with Gasteiger partial charge >= 0.3 is 0 Å². The van der Waals surface area contributed by atoms with Crippen LogP contribution in [-0.2, 0) is 4.79 Å². The Labute approximate surface area is 172 Å². The predicted octanol–water partition coefficient (Wildman–Crippen LogP) is 4.55. The largest absolute Gasteiger partial charge is 0.497 e. The van der Waals surface area contributed by atoms with Crippen LogP contribution in [0.15, 0.2) is 53.7 Å². The summed E-state index contributed by atoms with van der Waals surface area (Å²) in [6.07, 6.45) is 2.00. The number of anilines is 1. The van der Waals surface area contributed by atoms with Gasteiger partial charge in [-0.15, -0.1) is 10.2 Å². The van der Waals surface area contributed by atoms with Gasteiger partial charge in [0.15, 0.2) is 11.0 Å². The predicted molar refractivity (Wildman–Crippen MR) is 111 cm³/mol. The van der Waals surface area contributed by atoms with Gasteiger partial charge in [0.1, 0.15) is 11.6 Å². The van der Waals surface area contributed by atoms with E-state index in [-0.39, 0.29) is 17.8 Å². The molecule has 1 N–H and O–H groups in total. The molecule has 1 saturated carbocycles. The van der Waals surface area contributed by atoms with E-state index in [2.05, 4.69) is 15.5 Å². The minimum absolute atomic E-state index is 0.141. The highest BCUT2D eigenvalue weighted by molar-refractivity contribution is 8.00. The van der Waals surface area contributed by atoms with Crippen LogP contribution in [0.2, 0.25) is 0 Å². The van der Waals surface area contributed by atoms with Crippen LogP contribution in [0, 0.1) is 5.82 Å². The number of benzene rings is 2. The first-order valence-electron chi connectivity index (χ1n) is 9.38. The summed E-state index contributed by atoms with van der Waals surface area (Å²) < 4.78 is 21.4. The molecule has 1 aliphatic carbocycles. The molecule has 8 heteroatoms. The average molecular weight is 412 g/mol. The Morgan fingerprint density at radius 1 is 1.21 bits per heavy atom. The molecule has 4 rings (SSSR count). The van der Waals surface area contributed by atoms with Gasteiger partial charge in [-0.05, 0) is 56.2 Å². The number of nitrogens with zero attached hydrogens (tertiary/aromatic N) is 3. The Morgan fingerprint density at radius 3 is 2.59 bits per heavy atom. The number of ether oxygens (including phenoxy) is 1. The summed E-state index contributed by atoms with van der Waals surface area (Å²) in [5.41, 5.74) is 1.12. The summed E-state index contributed by atoms with van der Waals surface area (Å²) in [5.74, 6) is 0.765. The fourth-order valence-corrected chi connectivity index (χ4v) is 3.89. The van der Waals surface area contributed by atoms with Crippen LogP contribution in [0.1, 0.15) is 25.8 Å². The first kappa shape index (κ1) is 19.4. The molecule has 0 spiro atoms. The van der Waals surface area contributed by atoms with Gasteiger partial charge in [0.05, 0.1) is 17.9 Å². The first-order chi connectivity index (χ1) is 14.1. The Kier molecular flexibility index (Phi) is 5.53. The minimum Gasteiger partial charge on any atom is -0.497 e. The lowest BCUT2D eigenvalue weighted by molar-refractivity contribution is -0.115. The fourth-order valence-electron chi connectivity index (χ4n) is 2.98. The van der Waals surface area contributed by atoms with Gasteiger partial charge in [-0.3, -0.25) is 9.36 Å². The molecule has 1 amide bonds. The third-order valence-electron chi connectivity index (χ3n) is 4.70. The highest BCUT2D eigenvalue weighted by Crippen LogP contribution is 2.42. The van der Waals surface area contributed by atoms with Crippen molar-refractivity contribution in [3.63, 3.8) is 0 Å². The highest BCUT2D eigenvalue weighted by Gasteiger charge is 2.32. The van der Waals surface area contributed by atoms with Crippen LogP contribution >= 0.6 is 11.8 Å². The average Bonchev–Trinajstić information content (AvgIpc) is 3.49. The molecule has 0 unspecified atom stereocenters. The van der Waals surface area contributed by atoms with E-state index in [1.54, 1.807) is 49.6 Å². The molecule has 29 heavy (non-hydrogen) atoms. The van der Waals surface area contributed by atoms with E-state index in [1.165, 1.54) is 17.8 Å². The fraction of sp³-hybridized carbons (Fsp3) is 0.286. The molecule has 0 radical (unpaired) electrons. The molecule has 1 atom stereocenters. The monoisotopic (exact) mass is 412 g/mol. The van der Waals surface area contributed by atoms with Gasteiger partial charge in [0.2, 0.25) is 5.91 Å². The Hall–Kier alpha value is -2.87. The van der Waals surface area contributed by atoms with E-state index < -0.39 is 5.25 Å². The van der Waals surface area contributed by atoms with E-state index in [4.69, 9.17) is 4.74 Å². The Balaban J connectivity index is 1.51. The normalized spacial score (nSPS) is 14.4. The van der Waals surface area contributed by atoms with E-state index in [0.29, 0.717) is 22.2 Å². The van der Waals surface area contributed by atoms with Gasteiger partial charge < -0.3 is 10.1 Å². The zero-order valence-corrected chi connectivity index (χ0v) is 16.9. The molecule has 0 bridgehead atoms. The number of aromatic nitrogens is 3. The second kappa shape index (κ2) is 8.24. The SMILES string of the molecule is COc1ccc(NC(=O)[C@H](C)Sc2nnc(-c3ccccc3F)n2C2CC2)cc1. The van der Waals surface area contributed by atoms with Gasteiger partial charge in [-0.2, -0.15) is 0 Å². The molecule has 1 heterocycles. The summed E-state index contributed by atoms with van der Waals surface area (Å²) in [6, 6.07) is 14.0. The molecule has 1 aromatic heterocycles. The lowest BCUT2D eigenvalue weighted by atomic mass is 10.2. The molecule has 150 valence electrons. The number of carbonyl (C=O) groups excluding carboxylic acids is 1. The molecule has 0 aliphatic heterocycles. The second-order valence-corrected chi connectivity index (χ2v) is 8.17. The topological polar surface area (TPSA) is 69.0 Å². The van der Waals surface area contributed by atoms with Crippen LogP contribution in [0.5, 0.6) is 5.75 Å². The van der Waals surface area contributed by atoms with Crippen molar-refractivity contribution < 1.29 is 13.9 Å². The van der Waals surface area contributed by atoms with Crippen LogP contribution in [0.4, 0.5) is 10.1 Å². The number of nitrogens with one attached hydrogen (secondary N) is 1. The van der Waals surface area contributed by atoms with Crippen molar-refractivity contribution in [1.29, 1.82) is 0 Å². The molecule has 6 nitrogen and oxygen atoms in total. The maximum absolute atomic E-state index is 14.3. The van der Waals surface area contributed by atoms with Crippen LogP contribution in [0.25, 0.3) is 11.4 Å². The van der Waals surface area contributed by atoms with Crippen LogP contribution in [0.3, 0.4) is 0 Å². The minimum atomic E-state index is -0.396. The summed E-state index contributed by atoms with van der Waals surface area (Å²) in [4.78, 5) is 12.6. The van der Waals surface area contributed by atoms with Crippen molar-refractivity contribution in [1.82, 2.24) is 14.8 Å². The van der Waals surface area contributed by atoms with Crippen LogP contribution in [-0.4, -0.2) is 33.0 Å². The number of rotatable bonds is 7. The summed E-state index contributed by atoms with van der Waals surface area (Å²) in [7, 11) is 1.60. The lowest BCUT2D eigenvalue weighted by Gasteiger charge is -2.14. The number of methoxy groups -OCH3 is 1. The van der Waals surface area contributed by atoms with Crippen molar-refractivity contribution in [2.24, 2.45) is 0 Å². The number of amides is 1. The van der Waals surface area contributed by atoms with E-state index in [0.717, 1.165) is 18.6 Å². The zero-order valence-electron chi connectivity index (χ0n) is 16.1. The number of hydrogen-bond acceptors (Lipinski definition) is 5. The number of carbonyl (C=O) groups is 1. The zero-order chi connectivity index (χ0) is 20.4. The van der Waals surface area contributed by atoms with Crippen molar-refractivity contribution in [3.05, 3.63) is 54.3 Å². The van der Waals surface area contributed by atoms with Crippen molar-refractivity contribution in [3.8, 4) is 17.1 Å². The Morgan fingerprint density at radius 2 is 1.93 bits per heavy atom. The maximum Gasteiger partial charge on any atom is 0.237 e. The molecular formula is C21H21FN4O2S. The summed E-state index contributed by atoms with van der Waals surface area (Å²) in [5, 5.41) is 11.6. The summed E-state index contributed by atoms with van der Waals surface area (Å²) in [6.45, 7) is 1.82. The molecule has 2 aromatic carbocycles. The second-order valence-electron chi connectivity index (χ2n) is 6.87. The molecule has 3 aromatic rings. The third-order valence-corrected chi connectivity index (χ3v) is 5.76. The number of hydrogen-bond donors (Lipinski definition) is 1. The lowest BCUT2D eigenvalue weighted by Crippen LogP contribution is -2.22. The third kappa shape index (κ3) is 4.27. The number of halogens is 1. The maximum atomic E-state index is 14.3. The molecule has 0 saturated heterocycles. The van der Waals surface area contributed by atoms with Gasteiger partial charge in [0, 0.05) is 11.7 Å². The highest BCUT2D eigenvalue weighted by atomic mass is 32.2. The number of thioether (sulfide) groups is 1. The molecular weight excluding hydrogens is 391 g/mol. The van der Waals surface area contributed by atoms with Gasteiger partial charge in [0.25, 0.3) is 0 Å². The standard InChI is InChI=1S/C21H21FN4O2S/c1-13(20(27)23-14-7-11-16(28-2)12-8-14)29-21-25-24-19(26(21)15-9-10-15)17-5-3-4-6-18(17)22/h3-8,11-13,15H,9-10H2,1-2H3,(H,23,27)/t13-/m0/s1. The summed E-state index contributed by atoms with van der Waals surface area (Å²) >= 11 is 1.33. The molecule has 1 fully saturated rings. The van der Waals surface area contributed by atoms with Crippen molar-refractivity contribution in [2.75, 3.05) is 12.4 Å². The quantitative estimate of drug-likeness (QED) is 0.577. The van der Waals surface area contributed by atoms with Gasteiger partial charge in [-0.25, -0.2) is 4.39 Å². The van der Waals surface area contributed by atoms with E-state index in [9.17, 15) is 9.18 Å². The first-order valence-corrected chi connectivity index (χ1v) is 10.3. The molecule has 1 aliphatic rings. The van der Waals surface area contributed by atoms with Crippen LogP contribution < -0.4 is 10.1 Å². The van der Waals surface area contributed by atoms with E-state index >= 15 is 0 Å². The van der Waals surface area contributed by atoms with Gasteiger partial charge in [-0.1, -0.05) is 23.9 Å². The van der Waals surface area contributed by atoms with E-state index in [1.807, 2.05) is 11.5 Å². The van der Waals surface area contributed by atoms with Crippen molar-refractivity contribution >= 4 is 23.4 Å².